The highest BCUT2D eigenvalue weighted by molar-refractivity contribution is 5.89. The van der Waals surface area contributed by atoms with Crippen LogP contribution in [0.15, 0.2) is 30.3 Å². The van der Waals surface area contributed by atoms with Gasteiger partial charge in [-0.25, -0.2) is 4.79 Å². The summed E-state index contributed by atoms with van der Waals surface area (Å²) in [5, 5.41) is 9.34. The average molecular weight is 252 g/mol. The van der Waals surface area contributed by atoms with Crippen molar-refractivity contribution in [1.29, 1.82) is 0 Å². The molecule has 0 aliphatic carbocycles. The van der Waals surface area contributed by atoms with Gasteiger partial charge in [0.2, 0.25) is 0 Å². The summed E-state index contributed by atoms with van der Waals surface area (Å²) >= 11 is 0. The Bertz CT molecular complexity index is 392. The molecule has 1 N–H and O–H groups in total. The molecule has 1 aromatic rings. The predicted molar refractivity (Wildman–Crippen MR) is 63.0 cm³/mol. The number of ether oxygens (including phenoxy) is 3. The fraction of sp³-hybridized carbons (Fsp3) is 0.462. The molecular weight excluding hydrogens is 236 g/mol. The molecule has 1 fully saturated rings. The van der Waals surface area contributed by atoms with E-state index in [-0.39, 0.29) is 12.7 Å². The van der Waals surface area contributed by atoms with Crippen molar-refractivity contribution in [3.8, 4) is 0 Å². The van der Waals surface area contributed by atoms with Crippen LogP contribution in [0.2, 0.25) is 0 Å². The molecule has 3 atom stereocenters. The molecule has 0 radical (unpaired) electrons. The Morgan fingerprint density at radius 3 is 2.83 bits per heavy atom. The molecular formula is C13H16O5. The summed E-state index contributed by atoms with van der Waals surface area (Å²) in [6, 6.07) is 8.73. The van der Waals surface area contributed by atoms with E-state index >= 15 is 0 Å². The SMILES string of the molecule is CO[C@H]1CC(O)O[C@@H]1COC(=O)c1ccccc1. The first-order chi connectivity index (χ1) is 8.70. The zero-order chi connectivity index (χ0) is 13.0. The zero-order valence-corrected chi connectivity index (χ0v) is 10.1. The average Bonchev–Trinajstić information content (AvgIpc) is 2.77. The van der Waals surface area contributed by atoms with E-state index < -0.39 is 18.4 Å². The second-order valence-electron chi connectivity index (χ2n) is 4.10. The predicted octanol–water partition coefficient (Wildman–Crippen LogP) is 0.966. The first-order valence-electron chi connectivity index (χ1n) is 5.79. The normalized spacial score (nSPS) is 27.1. The molecule has 1 heterocycles. The molecule has 0 spiro atoms. The van der Waals surface area contributed by atoms with E-state index in [1.807, 2.05) is 6.07 Å². The van der Waals surface area contributed by atoms with Crippen molar-refractivity contribution in [2.75, 3.05) is 13.7 Å². The van der Waals surface area contributed by atoms with Gasteiger partial charge in [-0.1, -0.05) is 18.2 Å². The van der Waals surface area contributed by atoms with Crippen LogP contribution in [-0.2, 0) is 14.2 Å². The van der Waals surface area contributed by atoms with Gasteiger partial charge < -0.3 is 19.3 Å². The van der Waals surface area contributed by atoms with Gasteiger partial charge in [0, 0.05) is 13.5 Å². The topological polar surface area (TPSA) is 65.0 Å². The van der Waals surface area contributed by atoms with Crippen molar-refractivity contribution < 1.29 is 24.1 Å². The lowest BCUT2D eigenvalue weighted by Gasteiger charge is -2.16. The number of benzene rings is 1. The Hall–Kier alpha value is -1.43. The summed E-state index contributed by atoms with van der Waals surface area (Å²) < 4.78 is 15.5. The smallest absolute Gasteiger partial charge is 0.338 e. The van der Waals surface area contributed by atoms with Crippen LogP contribution in [0.25, 0.3) is 0 Å². The summed E-state index contributed by atoms with van der Waals surface area (Å²) in [4.78, 5) is 11.7. The van der Waals surface area contributed by atoms with Gasteiger partial charge in [-0.2, -0.15) is 0 Å². The lowest BCUT2D eigenvalue weighted by molar-refractivity contribution is -0.111. The molecule has 98 valence electrons. The van der Waals surface area contributed by atoms with E-state index in [1.54, 1.807) is 24.3 Å². The number of methoxy groups -OCH3 is 1. The maximum atomic E-state index is 11.7. The van der Waals surface area contributed by atoms with Crippen molar-refractivity contribution in [2.24, 2.45) is 0 Å². The number of esters is 1. The van der Waals surface area contributed by atoms with Crippen LogP contribution in [0.4, 0.5) is 0 Å². The molecule has 5 heteroatoms. The second-order valence-corrected chi connectivity index (χ2v) is 4.10. The third kappa shape index (κ3) is 3.07. The second kappa shape index (κ2) is 5.95. The fourth-order valence-corrected chi connectivity index (χ4v) is 1.91. The molecule has 1 saturated heterocycles. The first kappa shape index (κ1) is 13.0. The van der Waals surface area contributed by atoms with Crippen molar-refractivity contribution >= 4 is 5.97 Å². The van der Waals surface area contributed by atoms with Crippen molar-refractivity contribution in [3.05, 3.63) is 35.9 Å². The van der Waals surface area contributed by atoms with Crippen molar-refractivity contribution in [2.45, 2.75) is 24.9 Å². The molecule has 1 unspecified atom stereocenters. The van der Waals surface area contributed by atoms with E-state index in [1.165, 1.54) is 7.11 Å². The number of aliphatic hydroxyl groups excluding tert-OH is 1. The highest BCUT2D eigenvalue weighted by atomic mass is 16.7. The highest BCUT2D eigenvalue weighted by Crippen LogP contribution is 2.21. The van der Waals surface area contributed by atoms with E-state index in [0.29, 0.717) is 12.0 Å². The zero-order valence-electron chi connectivity index (χ0n) is 10.1. The third-order valence-corrected chi connectivity index (χ3v) is 2.87. The molecule has 0 bridgehead atoms. The monoisotopic (exact) mass is 252 g/mol. The summed E-state index contributed by atoms with van der Waals surface area (Å²) in [6.07, 6.45) is -1.12. The Kier molecular flexibility index (Phi) is 4.30. The van der Waals surface area contributed by atoms with Crippen molar-refractivity contribution in [1.82, 2.24) is 0 Å². The highest BCUT2D eigenvalue weighted by Gasteiger charge is 2.35. The minimum atomic E-state index is -0.852. The van der Waals surface area contributed by atoms with Gasteiger partial charge in [0.05, 0.1) is 11.7 Å². The van der Waals surface area contributed by atoms with Gasteiger partial charge in [0.15, 0.2) is 6.29 Å². The van der Waals surface area contributed by atoms with Gasteiger partial charge in [0.25, 0.3) is 0 Å². The molecule has 5 nitrogen and oxygen atoms in total. The lowest BCUT2D eigenvalue weighted by Crippen LogP contribution is -2.29. The lowest BCUT2D eigenvalue weighted by atomic mass is 10.2. The maximum absolute atomic E-state index is 11.7. The van der Waals surface area contributed by atoms with E-state index in [2.05, 4.69) is 0 Å². The molecule has 1 aromatic carbocycles. The Morgan fingerprint density at radius 2 is 2.17 bits per heavy atom. The molecule has 0 amide bonds. The molecule has 1 aliphatic rings. The number of hydrogen-bond donors (Lipinski definition) is 1. The van der Waals surface area contributed by atoms with Crippen molar-refractivity contribution in [3.63, 3.8) is 0 Å². The van der Waals surface area contributed by atoms with Gasteiger partial charge in [-0.15, -0.1) is 0 Å². The van der Waals surface area contributed by atoms with Crippen LogP contribution >= 0.6 is 0 Å². The number of aliphatic hydroxyl groups is 1. The van der Waals surface area contributed by atoms with E-state index in [4.69, 9.17) is 14.2 Å². The minimum Gasteiger partial charge on any atom is -0.459 e. The first-order valence-corrected chi connectivity index (χ1v) is 5.79. The largest absolute Gasteiger partial charge is 0.459 e. The van der Waals surface area contributed by atoms with Gasteiger partial charge in [0.1, 0.15) is 12.7 Å². The molecule has 2 rings (SSSR count). The molecule has 0 aromatic heterocycles. The number of carbonyl (C=O) groups excluding carboxylic acids is 1. The summed E-state index contributed by atoms with van der Waals surface area (Å²) in [7, 11) is 1.54. The van der Waals surface area contributed by atoms with E-state index in [0.717, 1.165) is 0 Å². The Balaban J connectivity index is 1.86. The Morgan fingerprint density at radius 1 is 1.44 bits per heavy atom. The fourth-order valence-electron chi connectivity index (χ4n) is 1.91. The standard InChI is InChI=1S/C13H16O5/c1-16-10-7-12(14)18-11(10)8-17-13(15)9-5-3-2-4-6-9/h2-6,10-12,14H,7-8H2,1H3/t10-,11+,12?/m0/s1. The third-order valence-electron chi connectivity index (χ3n) is 2.87. The van der Waals surface area contributed by atoms with Crippen LogP contribution in [-0.4, -0.2) is 43.3 Å². The molecule has 18 heavy (non-hydrogen) atoms. The number of hydrogen-bond acceptors (Lipinski definition) is 5. The van der Waals surface area contributed by atoms with Crippen LogP contribution in [0.1, 0.15) is 16.8 Å². The number of carbonyl (C=O) groups is 1. The summed E-state index contributed by atoms with van der Waals surface area (Å²) in [6.45, 7) is 0.0727. The molecule has 0 saturated carbocycles. The summed E-state index contributed by atoms with van der Waals surface area (Å²) in [5.74, 6) is -0.407. The molecule has 1 aliphatic heterocycles. The van der Waals surface area contributed by atoms with E-state index in [9.17, 15) is 9.90 Å². The minimum absolute atomic E-state index is 0.0727. The van der Waals surface area contributed by atoms with Gasteiger partial charge in [-0.05, 0) is 12.1 Å². The van der Waals surface area contributed by atoms with Crippen LogP contribution < -0.4 is 0 Å². The van der Waals surface area contributed by atoms with Crippen LogP contribution in [0.3, 0.4) is 0 Å². The number of rotatable bonds is 4. The van der Waals surface area contributed by atoms with Gasteiger partial charge >= 0.3 is 5.97 Å². The summed E-state index contributed by atoms with van der Waals surface area (Å²) in [5.41, 5.74) is 0.491. The van der Waals surface area contributed by atoms with Crippen LogP contribution in [0, 0.1) is 0 Å². The maximum Gasteiger partial charge on any atom is 0.338 e. The van der Waals surface area contributed by atoms with Crippen LogP contribution in [0.5, 0.6) is 0 Å². The quantitative estimate of drug-likeness (QED) is 0.809. The Labute approximate surface area is 105 Å². The van der Waals surface area contributed by atoms with Gasteiger partial charge in [-0.3, -0.25) is 0 Å².